The van der Waals surface area contributed by atoms with Crippen molar-refractivity contribution in [1.29, 1.82) is 0 Å². The van der Waals surface area contributed by atoms with Gasteiger partial charge in [-0.05, 0) is 56.8 Å². The predicted octanol–water partition coefficient (Wildman–Crippen LogP) is 20.0. The molecule has 66 heavy (non-hydrogen) atoms. The Morgan fingerprint density at radius 3 is 0.712 bits per heavy atom. The first-order chi connectivity index (χ1) is 32.3. The second-order valence-corrected chi connectivity index (χ2v) is 22.4. The van der Waals surface area contributed by atoms with Crippen LogP contribution in [0.15, 0.2) is 36.8 Å². The number of rotatable bonds is 55. The molecule has 0 aromatic carbocycles. The third kappa shape index (κ3) is 50.9. The van der Waals surface area contributed by atoms with Crippen LogP contribution in [-0.4, -0.2) is 41.0 Å². The lowest BCUT2D eigenvalue weighted by Gasteiger charge is -2.29. The Bertz CT molecular complexity index is 1040. The van der Waals surface area contributed by atoms with Gasteiger partial charge in [0.25, 0.3) is 0 Å². The van der Waals surface area contributed by atoms with Crippen LogP contribution >= 0.6 is 0 Å². The maximum absolute atomic E-state index is 11.7. The van der Waals surface area contributed by atoms with Crippen molar-refractivity contribution >= 4 is 10.1 Å². The molecular weight excluding hydrogens is 831 g/mol. The fraction of sp³-hybridized carbons (Fsp3) is 0.900. The minimum atomic E-state index is -4.54. The van der Waals surface area contributed by atoms with Crippen molar-refractivity contribution in [3.05, 3.63) is 36.8 Å². The van der Waals surface area contributed by atoms with Gasteiger partial charge in [0.15, 0.2) is 0 Å². The first-order valence-electron chi connectivity index (χ1n) is 29.8. The Labute approximate surface area is 415 Å². The van der Waals surface area contributed by atoms with Crippen LogP contribution in [-0.2, 0) is 10.1 Å². The summed E-state index contributed by atoms with van der Waals surface area (Å²) in [5.41, 5.74) is 0. The molecule has 0 rings (SSSR count). The highest BCUT2D eigenvalue weighted by molar-refractivity contribution is 7.85. The van der Waals surface area contributed by atoms with E-state index < -0.39 is 22.0 Å². The Hall–Kier alpha value is -0.950. The molecule has 0 aliphatic carbocycles. The van der Waals surface area contributed by atoms with Crippen LogP contribution in [0.3, 0.4) is 0 Å². The van der Waals surface area contributed by atoms with Gasteiger partial charge < -0.3 is 9.66 Å². The number of aliphatic hydroxyl groups excluding tert-OH is 1. The molecule has 0 saturated carbocycles. The third-order valence-corrected chi connectivity index (χ3v) is 14.8. The van der Waals surface area contributed by atoms with E-state index in [1.807, 2.05) is 0 Å². The zero-order chi connectivity index (χ0) is 48.2. The average Bonchev–Trinajstić information content (AvgIpc) is 3.28. The van der Waals surface area contributed by atoms with Gasteiger partial charge in [-0.3, -0.25) is 0 Å². The van der Waals surface area contributed by atoms with Crippen LogP contribution in [0.1, 0.15) is 329 Å². The molecule has 6 heteroatoms. The van der Waals surface area contributed by atoms with E-state index in [0.29, 0.717) is 0 Å². The Morgan fingerprint density at radius 2 is 0.530 bits per heavy atom. The number of allylic oxidation sites excluding steroid dienone is 3. The van der Waals surface area contributed by atoms with Crippen molar-refractivity contribution in [3.8, 4) is 0 Å². The van der Waals surface area contributed by atoms with E-state index in [1.165, 1.54) is 270 Å². The summed E-state index contributed by atoms with van der Waals surface area (Å²) in [6, 6.07) is 0. The van der Waals surface area contributed by atoms with Gasteiger partial charge in [0.2, 0.25) is 0 Å². The van der Waals surface area contributed by atoms with E-state index in [1.54, 1.807) is 0 Å². The minimum absolute atomic E-state index is 0.154. The fourth-order valence-corrected chi connectivity index (χ4v) is 10.3. The van der Waals surface area contributed by atoms with E-state index in [9.17, 15) is 18.1 Å². The molecule has 0 fully saturated rings. The third-order valence-electron chi connectivity index (χ3n) is 14.0. The molecule has 0 amide bonds. The smallest absolute Gasteiger partial charge is 0.119 e. The summed E-state index contributed by atoms with van der Waals surface area (Å²) >= 11 is 0. The molecule has 0 aromatic heterocycles. The van der Waals surface area contributed by atoms with Gasteiger partial charge in [-0.15, -0.1) is 0 Å². The summed E-state index contributed by atoms with van der Waals surface area (Å²) in [6.45, 7) is 7.02. The first kappa shape index (κ1) is 65.0. The van der Waals surface area contributed by atoms with Crippen LogP contribution in [0.2, 0.25) is 0 Å². The minimum Gasteiger partial charge on any atom is -0.748 e. The zero-order valence-corrected chi connectivity index (χ0v) is 45.7. The topological polar surface area (TPSA) is 77.4 Å². The molecule has 5 nitrogen and oxygen atoms in total. The van der Waals surface area contributed by atoms with Gasteiger partial charge >= 0.3 is 0 Å². The van der Waals surface area contributed by atoms with Gasteiger partial charge in [0.05, 0.1) is 15.9 Å². The van der Waals surface area contributed by atoms with Crippen molar-refractivity contribution in [2.45, 2.75) is 335 Å². The number of quaternary nitrogens is 1. The Balaban J connectivity index is 5.00. The summed E-state index contributed by atoms with van der Waals surface area (Å²) in [7, 11) is -4.54. The molecule has 0 spiro atoms. The summed E-state index contributed by atoms with van der Waals surface area (Å²) < 4.78 is 35.4. The molecule has 0 bridgehead atoms. The Kier molecular flexibility index (Phi) is 51.1. The number of hydrogen-bond donors (Lipinski definition) is 1. The summed E-state index contributed by atoms with van der Waals surface area (Å²) in [5, 5.41) is 11.0. The van der Waals surface area contributed by atoms with E-state index in [0.717, 1.165) is 38.5 Å². The largest absolute Gasteiger partial charge is 0.748 e. The highest BCUT2D eigenvalue weighted by Crippen LogP contribution is 2.21. The van der Waals surface area contributed by atoms with Crippen LogP contribution < -0.4 is 0 Å². The maximum atomic E-state index is 11.7. The average molecular weight is 949 g/mol. The van der Waals surface area contributed by atoms with Crippen LogP contribution in [0.4, 0.5) is 0 Å². The molecule has 0 radical (unpaired) electrons. The van der Waals surface area contributed by atoms with Crippen molar-refractivity contribution in [2.75, 3.05) is 12.3 Å². The summed E-state index contributed by atoms with van der Waals surface area (Å²) in [6.07, 6.45) is 75.6. The van der Waals surface area contributed by atoms with Crippen molar-refractivity contribution < 1.29 is 22.6 Å². The molecule has 0 aliphatic heterocycles. The van der Waals surface area contributed by atoms with Gasteiger partial charge in [-0.2, -0.15) is 0 Å². The number of nitrogens with zero attached hydrogens (tertiary/aromatic N) is 1. The quantitative estimate of drug-likeness (QED) is 0.0374. The molecule has 0 aliphatic rings. The van der Waals surface area contributed by atoms with Crippen molar-refractivity contribution in [2.24, 2.45) is 0 Å². The first-order valence-corrected chi connectivity index (χ1v) is 31.4. The SMILES string of the molecule is CCCCCCCCCCCCCCCCC/C=C/[N+](/C=C/CCCCCCCCCCCCCCCCC)(/C=C/CCCCCCCCCCCCCCCCC)CC(O)CS(=O)(=O)[O-]. The van der Waals surface area contributed by atoms with Crippen LogP contribution in [0, 0.1) is 0 Å². The molecule has 0 aromatic rings. The number of aliphatic hydroxyl groups is 1. The van der Waals surface area contributed by atoms with E-state index in [-0.39, 0.29) is 11.0 Å². The summed E-state index contributed by atoms with van der Waals surface area (Å²) in [5.74, 6) is -0.750. The van der Waals surface area contributed by atoms with E-state index >= 15 is 0 Å². The van der Waals surface area contributed by atoms with Crippen molar-refractivity contribution in [1.82, 2.24) is 0 Å². The molecule has 1 atom stereocenters. The molecular formula is C60H117NO4S. The highest BCUT2D eigenvalue weighted by Gasteiger charge is 2.25. The molecule has 392 valence electrons. The van der Waals surface area contributed by atoms with Gasteiger partial charge in [0, 0.05) is 0 Å². The highest BCUT2D eigenvalue weighted by atomic mass is 32.2. The predicted molar refractivity (Wildman–Crippen MR) is 292 cm³/mol. The number of hydrogen-bond acceptors (Lipinski definition) is 4. The lowest BCUT2D eigenvalue weighted by atomic mass is 10.0. The lowest BCUT2D eigenvalue weighted by Crippen LogP contribution is -2.41. The van der Waals surface area contributed by atoms with Gasteiger partial charge in [-0.25, -0.2) is 12.9 Å². The lowest BCUT2D eigenvalue weighted by molar-refractivity contribution is -0.777. The molecule has 0 saturated heterocycles. The normalized spacial score (nSPS) is 13.1. The zero-order valence-electron chi connectivity index (χ0n) is 44.9. The molecule has 0 heterocycles. The van der Waals surface area contributed by atoms with Crippen LogP contribution in [0.5, 0.6) is 0 Å². The standard InChI is InChI=1S/C60H117NO4S/c1-4-7-10-13-16-19-22-25-28-31-34-37-40-43-46-49-52-55-61(58-60(62)59-66(63,64)65,56-53-50-47-44-41-38-35-32-29-26-23-20-17-14-11-8-5-2)57-54-51-48-45-42-39-36-33-30-27-24-21-18-15-12-9-6-3/h52-57,60,62H,4-51,58-59H2,1-3H3/b55-52+,56-53+,57-54+. The summed E-state index contributed by atoms with van der Waals surface area (Å²) in [4.78, 5) is 0. The molecule has 1 unspecified atom stereocenters. The fourth-order valence-electron chi connectivity index (χ4n) is 9.70. The maximum Gasteiger partial charge on any atom is 0.119 e. The van der Waals surface area contributed by atoms with Crippen LogP contribution in [0.25, 0.3) is 0 Å². The van der Waals surface area contributed by atoms with E-state index in [2.05, 4.69) is 57.6 Å². The van der Waals surface area contributed by atoms with E-state index in [4.69, 9.17) is 0 Å². The second-order valence-electron chi connectivity index (χ2n) is 20.9. The molecule has 1 N–H and O–H groups in total. The number of unbranched alkanes of at least 4 members (excludes halogenated alkanes) is 45. The Morgan fingerprint density at radius 1 is 0.348 bits per heavy atom. The monoisotopic (exact) mass is 948 g/mol. The van der Waals surface area contributed by atoms with Gasteiger partial charge in [-0.1, -0.05) is 290 Å². The van der Waals surface area contributed by atoms with Crippen molar-refractivity contribution in [3.63, 3.8) is 0 Å². The van der Waals surface area contributed by atoms with Gasteiger partial charge in [0.1, 0.15) is 31.2 Å². The second kappa shape index (κ2) is 51.9.